The van der Waals surface area contributed by atoms with E-state index in [9.17, 15) is 9.59 Å². The Morgan fingerprint density at radius 3 is 2.42 bits per heavy atom. The van der Waals surface area contributed by atoms with Crippen LogP contribution in [-0.4, -0.2) is 18.8 Å². The molecule has 0 N–H and O–H groups in total. The van der Waals surface area contributed by atoms with Crippen molar-refractivity contribution in [3.8, 4) is 5.75 Å². The third-order valence-corrected chi connectivity index (χ3v) is 6.98. The molecule has 162 valence electrons. The van der Waals surface area contributed by atoms with Gasteiger partial charge in [-0.25, -0.2) is 0 Å². The highest BCUT2D eigenvalue weighted by Crippen LogP contribution is 2.50. The predicted molar refractivity (Wildman–Crippen MR) is 129 cm³/mol. The molecule has 0 saturated carbocycles. The Bertz CT molecular complexity index is 1400. The Morgan fingerprint density at radius 1 is 0.848 bits per heavy atom. The summed E-state index contributed by atoms with van der Waals surface area (Å²) in [5.41, 5.74) is 4.77. The Hall–Kier alpha value is -3.92. The molecule has 0 spiro atoms. The maximum absolute atomic E-state index is 14.0. The van der Waals surface area contributed by atoms with Crippen molar-refractivity contribution in [1.29, 1.82) is 0 Å². The third kappa shape index (κ3) is 3.05. The van der Waals surface area contributed by atoms with E-state index in [0.717, 1.165) is 38.7 Å². The normalized spacial score (nSPS) is 19.1. The molecule has 6 rings (SSSR count). The topological polar surface area (TPSA) is 46.6 Å². The van der Waals surface area contributed by atoms with Crippen LogP contribution in [0.4, 0.5) is 5.69 Å². The average molecular weight is 434 g/mol. The van der Waals surface area contributed by atoms with E-state index in [1.54, 1.807) is 7.11 Å². The molecule has 1 heterocycles. The summed E-state index contributed by atoms with van der Waals surface area (Å²) in [4.78, 5) is 29.4. The van der Waals surface area contributed by atoms with Gasteiger partial charge < -0.3 is 9.64 Å². The van der Waals surface area contributed by atoms with Crippen LogP contribution in [0, 0.1) is 0 Å². The summed E-state index contributed by atoms with van der Waals surface area (Å²) in [5, 5.41) is 2.23. The lowest BCUT2D eigenvalue weighted by molar-refractivity contribution is -0.126. The SMILES string of the molecule is COc1ccc2c(c1)C(C1C(=O)Cc3cccc4cccc1c34)C(=O)N2Cc1ccccc1. The molecule has 33 heavy (non-hydrogen) atoms. The van der Waals surface area contributed by atoms with Crippen LogP contribution in [0.25, 0.3) is 10.8 Å². The lowest BCUT2D eigenvalue weighted by Crippen LogP contribution is -2.34. The molecule has 0 aromatic heterocycles. The molecule has 1 aliphatic carbocycles. The van der Waals surface area contributed by atoms with Gasteiger partial charge in [-0.05, 0) is 51.2 Å². The molecule has 0 fully saturated rings. The highest BCUT2D eigenvalue weighted by molar-refractivity contribution is 6.12. The molecule has 1 amide bonds. The second kappa shape index (κ2) is 7.59. The quantitative estimate of drug-likeness (QED) is 0.434. The number of carbonyl (C=O) groups excluding carboxylic acids is 2. The van der Waals surface area contributed by atoms with Gasteiger partial charge in [0.15, 0.2) is 0 Å². The maximum Gasteiger partial charge on any atom is 0.236 e. The van der Waals surface area contributed by atoms with Gasteiger partial charge in [0.05, 0.1) is 25.5 Å². The van der Waals surface area contributed by atoms with Crippen molar-refractivity contribution in [3.63, 3.8) is 0 Å². The van der Waals surface area contributed by atoms with Gasteiger partial charge in [-0.3, -0.25) is 9.59 Å². The molecule has 1 aliphatic heterocycles. The first-order valence-corrected chi connectivity index (χ1v) is 11.2. The second-order valence-electron chi connectivity index (χ2n) is 8.80. The number of fused-ring (bicyclic) bond motifs is 1. The minimum atomic E-state index is -0.565. The van der Waals surface area contributed by atoms with Crippen molar-refractivity contribution in [2.24, 2.45) is 0 Å². The zero-order valence-corrected chi connectivity index (χ0v) is 18.3. The van der Waals surface area contributed by atoms with Crippen LogP contribution in [0.1, 0.15) is 34.1 Å². The summed E-state index contributed by atoms with van der Waals surface area (Å²) in [7, 11) is 1.62. The summed E-state index contributed by atoms with van der Waals surface area (Å²) < 4.78 is 5.49. The number of hydrogen-bond donors (Lipinski definition) is 0. The van der Waals surface area contributed by atoms with Crippen LogP contribution in [0.15, 0.2) is 84.9 Å². The molecule has 4 aromatic rings. The highest BCUT2D eigenvalue weighted by atomic mass is 16.5. The van der Waals surface area contributed by atoms with E-state index in [0.29, 0.717) is 18.7 Å². The Labute approximate surface area is 192 Å². The van der Waals surface area contributed by atoms with Crippen LogP contribution >= 0.6 is 0 Å². The van der Waals surface area contributed by atoms with E-state index in [4.69, 9.17) is 4.74 Å². The summed E-state index contributed by atoms with van der Waals surface area (Å²) in [5.74, 6) is -0.324. The van der Waals surface area contributed by atoms with E-state index in [2.05, 4.69) is 12.1 Å². The molecule has 4 heteroatoms. The molecule has 4 nitrogen and oxygen atoms in total. The molecule has 2 aliphatic rings. The Morgan fingerprint density at radius 2 is 1.64 bits per heavy atom. The van der Waals surface area contributed by atoms with Crippen molar-refractivity contribution in [2.45, 2.75) is 24.8 Å². The van der Waals surface area contributed by atoms with E-state index in [1.807, 2.05) is 77.7 Å². The third-order valence-electron chi connectivity index (χ3n) is 6.98. The van der Waals surface area contributed by atoms with Gasteiger partial charge in [-0.15, -0.1) is 0 Å². The first-order valence-electron chi connectivity index (χ1n) is 11.2. The zero-order valence-electron chi connectivity index (χ0n) is 18.3. The largest absolute Gasteiger partial charge is 0.497 e. The number of benzene rings is 4. The molecule has 2 atom stereocenters. The van der Waals surface area contributed by atoms with Crippen LogP contribution in [0.5, 0.6) is 5.75 Å². The van der Waals surface area contributed by atoms with Gasteiger partial charge in [0.25, 0.3) is 0 Å². The van der Waals surface area contributed by atoms with Gasteiger partial charge in [0.2, 0.25) is 5.91 Å². The number of ketones is 1. The van der Waals surface area contributed by atoms with E-state index < -0.39 is 11.8 Å². The minimum absolute atomic E-state index is 0.0307. The predicted octanol–water partition coefficient (Wildman–Crippen LogP) is 5.39. The number of hydrogen-bond acceptors (Lipinski definition) is 3. The number of ether oxygens (including phenoxy) is 1. The first kappa shape index (κ1) is 19.7. The summed E-state index contributed by atoms with van der Waals surface area (Å²) in [6.07, 6.45) is 0.348. The lowest BCUT2D eigenvalue weighted by Gasteiger charge is -2.29. The molecule has 0 radical (unpaired) electrons. The number of anilines is 1. The molecular weight excluding hydrogens is 410 g/mol. The number of Topliss-reactive ketones (excluding diaryl/α,β-unsaturated/α-hetero) is 1. The molecular formula is C29H23NO3. The van der Waals surface area contributed by atoms with Crippen LogP contribution in [0.3, 0.4) is 0 Å². The fourth-order valence-electron chi connectivity index (χ4n) is 5.52. The second-order valence-corrected chi connectivity index (χ2v) is 8.80. The smallest absolute Gasteiger partial charge is 0.236 e. The Balaban J connectivity index is 1.52. The fraction of sp³-hybridized carbons (Fsp3) is 0.172. The van der Waals surface area contributed by atoms with Crippen molar-refractivity contribution < 1.29 is 14.3 Å². The number of amides is 1. The van der Waals surface area contributed by atoms with Crippen LogP contribution in [-0.2, 0) is 22.6 Å². The molecule has 2 unspecified atom stereocenters. The van der Waals surface area contributed by atoms with Crippen molar-refractivity contribution in [2.75, 3.05) is 12.0 Å². The summed E-state index contributed by atoms with van der Waals surface area (Å²) >= 11 is 0. The van der Waals surface area contributed by atoms with Gasteiger partial charge in [0.1, 0.15) is 11.5 Å². The number of carbonyl (C=O) groups is 2. The Kier molecular flexibility index (Phi) is 4.54. The number of nitrogens with zero attached hydrogens (tertiary/aromatic N) is 1. The zero-order chi connectivity index (χ0) is 22.5. The minimum Gasteiger partial charge on any atom is -0.497 e. The number of rotatable bonds is 4. The van der Waals surface area contributed by atoms with E-state index in [1.165, 1.54) is 0 Å². The fourth-order valence-corrected chi connectivity index (χ4v) is 5.52. The first-order chi connectivity index (χ1) is 16.2. The van der Waals surface area contributed by atoms with E-state index >= 15 is 0 Å². The monoisotopic (exact) mass is 433 g/mol. The standard InChI is InChI=1S/C29H23NO3/c1-33-21-13-14-24-23(16-21)28(29(32)30(24)17-18-7-3-2-4-8-18)27-22-12-6-10-19-9-5-11-20(26(19)22)15-25(27)31/h2-14,16,27-28H,15,17H2,1H3. The maximum atomic E-state index is 14.0. The number of methoxy groups -OCH3 is 1. The van der Waals surface area contributed by atoms with Gasteiger partial charge in [-0.2, -0.15) is 0 Å². The van der Waals surface area contributed by atoms with Crippen LogP contribution < -0.4 is 9.64 Å². The van der Waals surface area contributed by atoms with Gasteiger partial charge >= 0.3 is 0 Å². The molecule has 0 bridgehead atoms. The van der Waals surface area contributed by atoms with Crippen LogP contribution in [0.2, 0.25) is 0 Å². The average Bonchev–Trinajstić information content (AvgIpc) is 3.10. The highest BCUT2D eigenvalue weighted by Gasteiger charge is 2.47. The lowest BCUT2D eigenvalue weighted by atomic mass is 9.72. The summed E-state index contributed by atoms with van der Waals surface area (Å²) in [6, 6.07) is 27.9. The van der Waals surface area contributed by atoms with E-state index in [-0.39, 0.29) is 11.7 Å². The van der Waals surface area contributed by atoms with Crippen molar-refractivity contribution in [3.05, 3.63) is 107 Å². The summed E-state index contributed by atoms with van der Waals surface area (Å²) in [6.45, 7) is 0.469. The molecule has 0 saturated heterocycles. The van der Waals surface area contributed by atoms with Gasteiger partial charge in [0, 0.05) is 12.1 Å². The van der Waals surface area contributed by atoms with Crippen molar-refractivity contribution in [1.82, 2.24) is 0 Å². The molecule has 4 aromatic carbocycles. The van der Waals surface area contributed by atoms with Crippen molar-refractivity contribution >= 4 is 28.2 Å². The van der Waals surface area contributed by atoms with Gasteiger partial charge in [-0.1, -0.05) is 66.7 Å².